The molecular weight excluding hydrogens is 372 g/mol. The molecule has 1 aliphatic rings. The lowest BCUT2D eigenvalue weighted by Crippen LogP contribution is -2.24. The minimum absolute atomic E-state index is 0.309. The molecule has 1 fully saturated rings. The maximum absolute atomic E-state index is 6.19. The summed E-state index contributed by atoms with van der Waals surface area (Å²) in [4.78, 5) is 0. The molecule has 2 atom stereocenters. The zero-order chi connectivity index (χ0) is 13.8. The van der Waals surface area contributed by atoms with Gasteiger partial charge in [0.1, 0.15) is 0 Å². The quantitative estimate of drug-likeness (QED) is 0.647. The average molecular weight is 392 g/mol. The van der Waals surface area contributed by atoms with Crippen molar-refractivity contribution in [3.05, 3.63) is 22.2 Å². The highest BCUT2D eigenvalue weighted by molar-refractivity contribution is 9.10. The molecule has 0 N–H and O–H groups in total. The van der Waals surface area contributed by atoms with Gasteiger partial charge in [-0.2, -0.15) is 0 Å². The van der Waals surface area contributed by atoms with Crippen molar-refractivity contribution in [3.8, 4) is 11.5 Å². The number of alkyl halides is 1. The number of ether oxygens (including phenoxy) is 2. The molecule has 0 bridgehead atoms. The van der Waals surface area contributed by atoms with Gasteiger partial charge in [-0.1, -0.05) is 29.3 Å². The normalized spacial score (nSPS) is 23.2. The largest absolute Gasteiger partial charge is 0.493 e. The summed E-state index contributed by atoms with van der Waals surface area (Å²) < 4.78 is 12.6. The van der Waals surface area contributed by atoms with Crippen LogP contribution in [-0.2, 0) is 5.33 Å². The van der Waals surface area contributed by atoms with E-state index in [4.69, 9.17) is 9.47 Å². The molecule has 106 valence electrons. The first-order valence-electron chi connectivity index (χ1n) is 6.73. The van der Waals surface area contributed by atoms with Crippen LogP contribution in [0, 0.1) is 5.92 Å². The van der Waals surface area contributed by atoms with E-state index in [1.165, 1.54) is 18.4 Å². The molecule has 19 heavy (non-hydrogen) atoms. The molecule has 2 nitrogen and oxygen atoms in total. The van der Waals surface area contributed by atoms with Crippen molar-refractivity contribution >= 4 is 31.9 Å². The van der Waals surface area contributed by atoms with Crippen LogP contribution in [0.15, 0.2) is 16.6 Å². The molecule has 1 aromatic rings. The molecule has 2 unspecified atom stereocenters. The lowest BCUT2D eigenvalue weighted by atomic mass is 9.89. The average Bonchev–Trinajstić information content (AvgIpc) is 2.40. The fourth-order valence-corrected chi connectivity index (χ4v) is 3.52. The topological polar surface area (TPSA) is 18.5 Å². The standard InChI is InChI=1S/C15H20Br2O2/c1-10-4-3-5-12(6-10)19-15-13(17)7-11(9-16)8-14(15)18-2/h7-8,10,12H,3-6,9H2,1-2H3. The smallest absolute Gasteiger partial charge is 0.175 e. The number of hydrogen-bond donors (Lipinski definition) is 0. The van der Waals surface area contributed by atoms with Gasteiger partial charge in [-0.05, 0) is 58.8 Å². The third-order valence-corrected chi connectivity index (χ3v) is 4.85. The van der Waals surface area contributed by atoms with Crippen LogP contribution in [0.25, 0.3) is 0 Å². The monoisotopic (exact) mass is 390 g/mol. The van der Waals surface area contributed by atoms with Crippen LogP contribution in [0.4, 0.5) is 0 Å². The summed E-state index contributed by atoms with van der Waals surface area (Å²) in [5.74, 6) is 2.40. The molecule has 0 saturated heterocycles. The van der Waals surface area contributed by atoms with Crippen molar-refractivity contribution in [2.45, 2.75) is 44.0 Å². The highest BCUT2D eigenvalue weighted by atomic mass is 79.9. The Morgan fingerprint density at radius 2 is 2.11 bits per heavy atom. The van der Waals surface area contributed by atoms with Gasteiger partial charge in [-0.25, -0.2) is 0 Å². The Morgan fingerprint density at radius 1 is 1.32 bits per heavy atom. The maximum atomic E-state index is 6.19. The Kier molecular flexibility index (Phi) is 5.58. The van der Waals surface area contributed by atoms with Crippen LogP contribution in [0.2, 0.25) is 0 Å². The van der Waals surface area contributed by atoms with E-state index in [-0.39, 0.29) is 0 Å². The molecule has 1 aromatic carbocycles. The van der Waals surface area contributed by atoms with E-state index in [2.05, 4.69) is 44.8 Å². The molecule has 1 saturated carbocycles. The van der Waals surface area contributed by atoms with E-state index < -0.39 is 0 Å². The Balaban J connectivity index is 2.18. The molecule has 1 aliphatic carbocycles. The van der Waals surface area contributed by atoms with Gasteiger partial charge in [0.25, 0.3) is 0 Å². The summed E-state index contributed by atoms with van der Waals surface area (Å²) in [6, 6.07) is 4.11. The second-order valence-electron chi connectivity index (χ2n) is 5.25. The highest BCUT2D eigenvalue weighted by Gasteiger charge is 2.22. The molecule has 0 aromatic heterocycles. The Bertz CT molecular complexity index is 434. The highest BCUT2D eigenvalue weighted by Crippen LogP contribution is 2.39. The molecule has 0 aliphatic heterocycles. The number of hydrogen-bond acceptors (Lipinski definition) is 2. The summed E-state index contributed by atoms with van der Waals surface area (Å²) >= 11 is 7.06. The number of rotatable bonds is 4. The van der Waals surface area contributed by atoms with Crippen LogP contribution in [-0.4, -0.2) is 13.2 Å². The minimum Gasteiger partial charge on any atom is -0.493 e. The zero-order valence-corrected chi connectivity index (χ0v) is 14.6. The summed E-state index contributed by atoms with van der Waals surface area (Å²) in [6.07, 6.45) is 5.16. The maximum Gasteiger partial charge on any atom is 0.175 e. The Morgan fingerprint density at radius 3 is 2.74 bits per heavy atom. The molecule has 0 heterocycles. The van der Waals surface area contributed by atoms with Crippen LogP contribution in [0.5, 0.6) is 11.5 Å². The van der Waals surface area contributed by atoms with Gasteiger partial charge >= 0.3 is 0 Å². The molecule has 0 spiro atoms. The van der Waals surface area contributed by atoms with Crippen molar-refractivity contribution < 1.29 is 9.47 Å². The zero-order valence-electron chi connectivity index (χ0n) is 11.4. The van der Waals surface area contributed by atoms with Crippen molar-refractivity contribution in [1.29, 1.82) is 0 Å². The first-order valence-corrected chi connectivity index (χ1v) is 8.64. The molecule has 0 radical (unpaired) electrons. The second-order valence-corrected chi connectivity index (χ2v) is 6.67. The van der Waals surface area contributed by atoms with Crippen LogP contribution < -0.4 is 9.47 Å². The van der Waals surface area contributed by atoms with Gasteiger partial charge < -0.3 is 9.47 Å². The summed E-state index contributed by atoms with van der Waals surface area (Å²) in [7, 11) is 1.69. The van der Waals surface area contributed by atoms with Gasteiger partial charge in [0.2, 0.25) is 0 Å². The number of halogens is 2. The third kappa shape index (κ3) is 3.88. The molecular formula is C15H20Br2O2. The summed E-state index contributed by atoms with van der Waals surface area (Å²) in [5.41, 5.74) is 1.17. The fraction of sp³-hybridized carbons (Fsp3) is 0.600. The van der Waals surface area contributed by atoms with Crippen molar-refractivity contribution in [1.82, 2.24) is 0 Å². The second kappa shape index (κ2) is 6.98. The fourth-order valence-electron chi connectivity index (χ4n) is 2.62. The van der Waals surface area contributed by atoms with E-state index in [1.807, 2.05) is 6.07 Å². The number of methoxy groups -OCH3 is 1. The first kappa shape index (κ1) is 15.2. The lowest BCUT2D eigenvalue weighted by Gasteiger charge is -2.28. The molecule has 0 amide bonds. The van der Waals surface area contributed by atoms with Crippen molar-refractivity contribution in [3.63, 3.8) is 0 Å². The van der Waals surface area contributed by atoms with E-state index in [9.17, 15) is 0 Å². The molecule has 2 rings (SSSR count). The summed E-state index contributed by atoms with van der Waals surface area (Å²) in [5, 5.41) is 0.808. The van der Waals surface area contributed by atoms with E-state index >= 15 is 0 Å². The predicted molar refractivity (Wildman–Crippen MR) is 85.4 cm³/mol. The Labute approximate surface area is 132 Å². The minimum atomic E-state index is 0.309. The number of benzene rings is 1. The van der Waals surface area contributed by atoms with Crippen LogP contribution >= 0.6 is 31.9 Å². The third-order valence-electron chi connectivity index (χ3n) is 3.62. The SMILES string of the molecule is COc1cc(CBr)cc(Br)c1OC1CCCC(C)C1. The van der Waals surface area contributed by atoms with Gasteiger partial charge in [0.05, 0.1) is 17.7 Å². The molecule has 4 heteroatoms. The Hall–Kier alpha value is -0.220. The van der Waals surface area contributed by atoms with Crippen LogP contribution in [0.1, 0.15) is 38.2 Å². The van der Waals surface area contributed by atoms with E-state index in [0.717, 1.165) is 40.1 Å². The van der Waals surface area contributed by atoms with Gasteiger partial charge in [0, 0.05) is 5.33 Å². The summed E-state index contributed by atoms with van der Waals surface area (Å²) in [6.45, 7) is 2.30. The van der Waals surface area contributed by atoms with Gasteiger partial charge in [-0.3, -0.25) is 0 Å². The first-order chi connectivity index (χ1) is 9.13. The van der Waals surface area contributed by atoms with Gasteiger partial charge in [-0.15, -0.1) is 0 Å². The predicted octanol–water partition coefficient (Wildman–Crippen LogP) is 5.31. The van der Waals surface area contributed by atoms with Gasteiger partial charge in [0.15, 0.2) is 11.5 Å². The van der Waals surface area contributed by atoms with Crippen LogP contribution in [0.3, 0.4) is 0 Å². The van der Waals surface area contributed by atoms with Crippen molar-refractivity contribution in [2.24, 2.45) is 5.92 Å². The van der Waals surface area contributed by atoms with E-state index in [1.54, 1.807) is 7.11 Å². The van der Waals surface area contributed by atoms with Crippen molar-refractivity contribution in [2.75, 3.05) is 7.11 Å². The van der Waals surface area contributed by atoms with E-state index in [0.29, 0.717) is 6.10 Å². The lowest BCUT2D eigenvalue weighted by molar-refractivity contribution is 0.124.